The maximum absolute atomic E-state index is 12.2. The lowest BCUT2D eigenvalue weighted by atomic mass is 10.3. The maximum Gasteiger partial charge on any atom is 0.245 e. The number of hydrogen-bond donors (Lipinski definition) is 1. The highest BCUT2D eigenvalue weighted by molar-refractivity contribution is 7.89. The summed E-state index contributed by atoms with van der Waals surface area (Å²) in [5.74, 6) is 0.288. The largest absolute Gasteiger partial charge is 0.378 e. The van der Waals surface area contributed by atoms with Gasteiger partial charge in [0.05, 0.1) is 12.3 Å². The second kappa shape index (κ2) is 6.65. The number of aryl methyl sites for hydroxylation is 2. The van der Waals surface area contributed by atoms with Gasteiger partial charge >= 0.3 is 0 Å². The lowest BCUT2D eigenvalue weighted by Crippen LogP contribution is -2.26. The minimum atomic E-state index is -3.61. The smallest absolute Gasteiger partial charge is 0.245 e. The van der Waals surface area contributed by atoms with Gasteiger partial charge in [-0.05, 0) is 13.8 Å². The van der Waals surface area contributed by atoms with E-state index >= 15 is 0 Å². The van der Waals surface area contributed by atoms with Crippen molar-refractivity contribution in [2.24, 2.45) is 0 Å². The van der Waals surface area contributed by atoms with Crippen molar-refractivity contribution in [3.8, 4) is 0 Å². The van der Waals surface area contributed by atoms with Crippen molar-refractivity contribution in [2.45, 2.75) is 31.8 Å². The molecule has 0 aliphatic rings. The molecule has 2 aromatic heterocycles. The van der Waals surface area contributed by atoms with Gasteiger partial charge in [0, 0.05) is 25.5 Å². The van der Waals surface area contributed by atoms with Crippen molar-refractivity contribution < 1.29 is 17.7 Å². The highest BCUT2D eigenvalue weighted by Crippen LogP contribution is 2.18. The molecule has 0 atom stereocenters. The molecule has 116 valence electrons. The van der Waals surface area contributed by atoms with Crippen LogP contribution in [0.2, 0.25) is 0 Å². The molecule has 0 radical (unpaired) electrons. The Hall–Kier alpha value is -1.29. The van der Waals surface area contributed by atoms with Crippen LogP contribution in [0.25, 0.3) is 0 Å². The van der Waals surface area contributed by atoms with Crippen LogP contribution in [0.1, 0.15) is 22.2 Å². The molecule has 0 amide bonds. The summed E-state index contributed by atoms with van der Waals surface area (Å²) in [7, 11) is -2.00. The molecular weight excluding hydrogens is 314 g/mol. The Morgan fingerprint density at radius 3 is 2.81 bits per heavy atom. The summed E-state index contributed by atoms with van der Waals surface area (Å²) < 4.78 is 36.8. The van der Waals surface area contributed by atoms with E-state index in [1.54, 1.807) is 21.0 Å². The predicted octanol–water partition coefficient (Wildman–Crippen LogP) is 1.42. The van der Waals surface area contributed by atoms with E-state index in [0.717, 1.165) is 10.7 Å². The quantitative estimate of drug-likeness (QED) is 0.824. The van der Waals surface area contributed by atoms with E-state index in [4.69, 9.17) is 9.26 Å². The molecule has 0 bridgehead atoms. The van der Waals surface area contributed by atoms with Crippen molar-refractivity contribution in [3.63, 3.8) is 0 Å². The van der Waals surface area contributed by atoms with E-state index in [1.165, 1.54) is 11.3 Å². The van der Waals surface area contributed by atoms with Crippen LogP contribution in [0.3, 0.4) is 0 Å². The maximum atomic E-state index is 12.2. The molecule has 0 aliphatic carbocycles. The summed E-state index contributed by atoms with van der Waals surface area (Å²) in [6.45, 7) is 3.91. The molecule has 7 nitrogen and oxygen atoms in total. The van der Waals surface area contributed by atoms with Gasteiger partial charge in [0.2, 0.25) is 10.0 Å². The van der Waals surface area contributed by atoms with Crippen molar-refractivity contribution in [2.75, 3.05) is 13.7 Å². The fourth-order valence-electron chi connectivity index (χ4n) is 1.90. The third-order valence-electron chi connectivity index (χ3n) is 2.78. The van der Waals surface area contributed by atoms with Crippen molar-refractivity contribution >= 4 is 21.4 Å². The number of sulfonamides is 1. The number of ether oxygens (including phenoxy) is 1. The molecule has 0 fully saturated rings. The average molecular weight is 331 g/mol. The summed E-state index contributed by atoms with van der Waals surface area (Å²) in [5.41, 5.74) is 1.20. The normalized spacial score (nSPS) is 12.0. The van der Waals surface area contributed by atoms with Crippen LogP contribution < -0.4 is 4.72 Å². The molecule has 2 aromatic rings. The number of methoxy groups -OCH3 is 1. The standard InChI is InChI=1S/C12H17N3O4S2/c1-8-12(9(2)19-15-8)21(16,17)13-5-4-10-7-20-11(14-10)6-18-3/h7,13H,4-6H2,1-3H3. The third-order valence-corrected chi connectivity index (χ3v) is 5.35. The zero-order chi connectivity index (χ0) is 15.5. The molecule has 9 heteroatoms. The summed E-state index contributed by atoms with van der Waals surface area (Å²) >= 11 is 1.50. The lowest BCUT2D eigenvalue weighted by molar-refractivity contribution is 0.184. The van der Waals surface area contributed by atoms with Gasteiger partial charge in [0.25, 0.3) is 0 Å². The Morgan fingerprint density at radius 1 is 1.43 bits per heavy atom. The molecule has 0 unspecified atom stereocenters. The lowest BCUT2D eigenvalue weighted by Gasteiger charge is -2.04. The first-order chi connectivity index (χ1) is 9.94. The molecule has 2 heterocycles. The van der Waals surface area contributed by atoms with Gasteiger partial charge < -0.3 is 9.26 Å². The second-order valence-corrected chi connectivity index (χ2v) is 7.11. The molecule has 0 saturated heterocycles. The molecular formula is C12H17N3O4S2. The topological polar surface area (TPSA) is 94.3 Å². The SMILES string of the molecule is COCc1nc(CCNS(=O)(=O)c2c(C)noc2C)cs1. The number of rotatable bonds is 7. The number of nitrogens with zero attached hydrogens (tertiary/aromatic N) is 2. The number of thiazole rings is 1. The molecule has 1 N–H and O–H groups in total. The Bertz CT molecular complexity index is 686. The Balaban J connectivity index is 1.96. The van der Waals surface area contributed by atoms with E-state index in [0.29, 0.717) is 18.7 Å². The van der Waals surface area contributed by atoms with E-state index in [2.05, 4.69) is 14.9 Å². The first-order valence-corrected chi connectivity index (χ1v) is 8.65. The minimum absolute atomic E-state index is 0.112. The highest BCUT2D eigenvalue weighted by Gasteiger charge is 2.23. The molecule has 0 aliphatic heterocycles. The summed E-state index contributed by atoms with van der Waals surface area (Å²) in [6.07, 6.45) is 0.517. The van der Waals surface area contributed by atoms with E-state index in [1.807, 2.05) is 5.38 Å². The average Bonchev–Trinajstić information content (AvgIpc) is 2.97. The number of aromatic nitrogens is 2. The molecule has 21 heavy (non-hydrogen) atoms. The van der Waals surface area contributed by atoms with Crippen LogP contribution in [0, 0.1) is 13.8 Å². The Labute approximate surface area is 127 Å². The van der Waals surface area contributed by atoms with E-state index in [9.17, 15) is 8.42 Å². The zero-order valence-electron chi connectivity index (χ0n) is 12.0. The van der Waals surface area contributed by atoms with Crippen molar-refractivity contribution in [1.29, 1.82) is 0 Å². The predicted molar refractivity (Wildman–Crippen MR) is 77.7 cm³/mol. The van der Waals surface area contributed by atoms with Gasteiger partial charge in [-0.1, -0.05) is 5.16 Å². The van der Waals surface area contributed by atoms with Crippen molar-refractivity contribution in [3.05, 3.63) is 27.5 Å². The van der Waals surface area contributed by atoms with Gasteiger partial charge in [-0.3, -0.25) is 0 Å². The summed E-state index contributed by atoms with van der Waals surface area (Å²) in [4.78, 5) is 4.46. The van der Waals surface area contributed by atoms with Gasteiger partial charge in [-0.25, -0.2) is 18.1 Å². The number of nitrogens with one attached hydrogen (secondary N) is 1. The van der Waals surface area contributed by atoms with Crippen LogP contribution >= 0.6 is 11.3 Å². The van der Waals surface area contributed by atoms with Crippen molar-refractivity contribution in [1.82, 2.24) is 14.9 Å². The van der Waals surface area contributed by atoms with Crippen LogP contribution in [-0.4, -0.2) is 32.2 Å². The van der Waals surface area contributed by atoms with Gasteiger partial charge in [-0.2, -0.15) is 0 Å². The molecule has 0 spiro atoms. The first-order valence-electron chi connectivity index (χ1n) is 6.29. The van der Waals surface area contributed by atoms with E-state index in [-0.39, 0.29) is 17.2 Å². The van der Waals surface area contributed by atoms with Gasteiger partial charge in [0.15, 0.2) is 5.76 Å². The molecule has 2 rings (SSSR count). The summed E-state index contributed by atoms with van der Waals surface area (Å²) in [5, 5.41) is 6.43. The van der Waals surface area contributed by atoms with Crippen LogP contribution in [0.15, 0.2) is 14.8 Å². The van der Waals surface area contributed by atoms with Crippen LogP contribution in [0.4, 0.5) is 0 Å². The fraction of sp³-hybridized carbons (Fsp3) is 0.500. The van der Waals surface area contributed by atoms with Crippen LogP contribution in [0.5, 0.6) is 0 Å². The molecule has 0 aromatic carbocycles. The Kier molecular flexibility index (Phi) is 5.09. The first kappa shape index (κ1) is 16.1. The zero-order valence-corrected chi connectivity index (χ0v) is 13.7. The fourth-order valence-corrected chi connectivity index (χ4v) is 4.05. The third kappa shape index (κ3) is 3.88. The monoisotopic (exact) mass is 331 g/mol. The molecule has 0 saturated carbocycles. The van der Waals surface area contributed by atoms with E-state index < -0.39 is 10.0 Å². The second-order valence-electron chi connectivity index (χ2n) is 4.47. The highest BCUT2D eigenvalue weighted by atomic mass is 32.2. The number of hydrogen-bond acceptors (Lipinski definition) is 7. The minimum Gasteiger partial charge on any atom is -0.378 e. The van der Waals surface area contributed by atoms with Gasteiger partial charge in [-0.15, -0.1) is 11.3 Å². The Morgan fingerprint density at radius 2 is 2.19 bits per heavy atom. The van der Waals surface area contributed by atoms with Gasteiger partial charge in [0.1, 0.15) is 15.6 Å². The van der Waals surface area contributed by atoms with Crippen LogP contribution in [-0.2, 0) is 27.8 Å². The summed E-state index contributed by atoms with van der Waals surface area (Å²) in [6, 6.07) is 0.